The van der Waals surface area contributed by atoms with Gasteiger partial charge in [0.25, 0.3) is 5.91 Å². The third-order valence-electron chi connectivity index (χ3n) is 18.1. The molecule has 3 aliphatic rings. The Kier molecular flexibility index (Phi) is 27.9. The molecule has 0 spiro atoms. The second kappa shape index (κ2) is 32.4. The Morgan fingerprint density at radius 1 is 0.633 bits per heavy atom. The average Bonchev–Trinajstić information content (AvgIpc) is 0.764. The first-order valence-corrected chi connectivity index (χ1v) is 31.8. The zero-order valence-corrected chi connectivity index (χ0v) is 58.5. The van der Waals surface area contributed by atoms with Crippen LogP contribution in [0.5, 0.6) is 0 Å². The van der Waals surface area contributed by atoms with Crippen molar-refractivity contribution in [1.82, 2.24) is 60.2 Å². The standard InChI is InChI=1S/C64H110N12O14/c1-26-28-29-38(11)50-49-53(78)66-43(27-2)58(83)69(19)41(14)56(81)74(24)51(64(16,17)33-68(18)63(88)89-25)54(79)67-47(36(7)8)61(86)70(20)44(30-34(3)4)52(77)65-40(13)55(80)75-39(12)32-46(60(85)73(23)48(37(9)10)62(87)76(49)90-50)72(22)59(84)45(31-35(5)6)71(21)57(82)42(75)15/h26,28,34-51H,27,29-33H2,1-25H3,(H,65,77)(H,66,78)(H,67,79)/b28-26+/t38-,39?,40+,41-,42-,43+,44+,45+,46+,47+,48+,49+,50-,51-/m1/s1. The van der Waals surface area contributed by atoms with Crippen molar-refractivity contribution in [3.05, 3.63) is 12.2 Å². The molecule has 26 nitrogen and oxygen atoms in total. The summed E-state index contributed by atoms with van der Waals surface area (Å²) in [6, 6.07) is -15.4. The Hall–Kier alpha value is -6.86. The number of amides is 12. The molecule has 3 saturated heterocycles. The predicted molar refractivity (Wildman–Crippen MR) is 339 cm³/mol. The largest absolute Gasteiger partial charge is 0.453 e. The molecule has 0 aromatic heterocycles. The number of nitrogens with zero attached hydrogens (tertiary/aromatic N) is 9. The van der Waals surface area contributed by atoms with Crippen LogP contribution in [-0.2, 0) is 62.3 Å². The highest BCUT2D eigenvalue weighted by atomic mass is 16.7. The van der Waals surface area contributed by atoms with Gasteiger partial charge in [-0.25, -0.2) is 9.86 Å². The normalized spacial score (nSPS) is 29.2. The summed E-state index contributed by atoms with van der Waals surface area (Å²) in [4.78, 5) is 194. The Labute approximate surface area is 535 Å². The molecule has 2 bridgehead atoms. The number of carbonyl (C=O) groups is 12. The lowest BCUT2D eigenvalue weighted by Crippen LogP contribution is -2.72. The molecular formula is C64H110N12O14. The van der Waals surface area contributed by atoms with Gasteiger partial charge in [0.2, 0.25) is 59.1 Å². The minimum Gasteiger partial charge on any atom is -0.453 e. The number of hydrogen-bond donors (Lipinski definition) is 3. The van der Waals surface area contributed by atoms with Crippen molar-refractivity contribution in [3.8, 4) is 0 Å². The highest BCUT2D eigenvalue weighted by Crippen LogP contribution is 2.35. The van der Waals surface area contributed by atoms with Crippen molar-refractivity contribution < 1.29 is 67.1 Å². The zero-order chi connectivity index (χ0) is 69.2. The summed E-state index contributed by atoms with van der Waals surface area (Å²) in [5, 5.41) is 9.45. The Morgan fingerprint density at radius 2 is 1.18 bits per heavy atom. The number of rotatable bonds is 13. The Morgan fingerprint density at radius 3 is 1.69 bits per heavy atom. The van der Waals surface area contributed by atoms with E-state index in [0.29, 0.717) is 6.42 Å². The van der Waals surface area contributed by atoms with E-state index in [4.69, 9.17) is 9.57 Å². The monoisotopic (exact) mass is 1270 g/mol. The van der Waals surface area contributed by atoms with Crippen molar-refractivity contribution in [3.63, 3.8) is 0 Å². The molecule has 3 fully saturated rings. The van der Waals surface area contributed by atoms with E-state index in [0.717, 1.165) is 14.9 Å². The quantitative estimate of drug-likeness (QED) is 0.224. The molecule has 0 aliphatic carbocycles. The molecule has 3 rings (SSSR count). The number of ether oxygens (including phenoxy) is 1. The zero-order valence-electron chi connectivity index (χ0n) is 58.5. The molecular weight excluding hydrogens is 1160 g/mol. The minimum atomic E-state index is -1.46. The highest BCUT2D eigenvalue weighted by molar-refractivity contribution is 6.00. The summed E-state index contributed by atoms with van der Waals surface area (Å²) in [5.41, 5.74) is -1.31. The van der Waals surface area contributed by atoms with Crippen LogP contribution >= 0.6 is 0 Å². The molecule has 90 heavy (non-hydrogen) atoms. The number of allylic oxidation sites excluding steroid dienone is 2. The lowest BCUT2D eigenvalue weighted by atomic mass is 9.81. The van der Waals surface area contributed by atoms with Crippen LogP contribution in [0.2, 0.25) is 0 Å². The summed E-state index contributed by atoms with van der Waals surface area (Å²) in [5.74, 6) is -9.75. The van der Waals surface area contributed by atoms with Crippen LogP contribution < -0.4 is 16.0 Å². The fraction of sp³-hybridized carbons (Fsp3) is 0.781. The molecule has 0 aromatic rings. The van der Waals surface area contributed by atoms with Crippen LogP contribution in [0.15, 0.2) is 12.2 Å². The summed E-state index contributed by atoms with van der Waals surface area (Å²) in [6.07, 6.45) is 2.54. The average molecular weight is 1270 g/mol. The molecule has 0 aromatic carbocycles. The van der Waals surface area contributed by atoms with Gasteiger partial charge in [0.15, 0.2) is 6.04 Å². The summed E-state index contributed by atoms with van der Waals surface area (Å²) in [6.45, 7) is 28.7. The lowest BCUT2D eigenvalue weighted by molar-refractivity contribution is -0.321. The van der Waals surface area contributed by atoms with Gasteiger partial charge < -0.3 is 59.9 Å². The number of hydrogen-bond acceptors (Lipinski definition) is 14. The van der Waals surface area contributed by atoms with E-state index in [-0.39, 0.29) is 50.0 Å². The molecule has 14 atom stereocenters. The van der Waals surface area contributed by atoms with Gasteiger partial charge in [-0.05, 0) is 96.3 Å². The van der Waals surface area contributed by atoms with Crippen LogP contribution in [0.1, 0.15) is 150 Å². The topological polar surface area (TPSA) is 289 Å². The van der Waals surface area contributed by atoms with Gasteiger partial charge in [0.05, 0.1) is 7.11 Å². The lowest BCUT2D eigenvalue weighted by Gasteiger charge is -2.50. The number of nitrogens with one attached hydrogen (secondary N) is 3. The maximum absolute atomic E-state index is 15.5. The summed E-state index contributed by atoms with van der Waals surface area (Å²) < 4.78 is 4.98. The van der Waals surface area contributed by atoms with Crippen molar-refractivity contribution in [2.45, 2.75) is 228 Å². The molecule has 510 valence electrons. The van der Waals surface area contributed by atoms with Crippen LogP contribution in [0.4, 0.5) is 4.79 Å². The number of fused-ring (bicyclic) bond motifs is 4. The van der Waals surface area contributed by atoms with Crippen LogP contribution in [0.3, 0.4) is 0 Å². The van der Waals surface area contributed by atoms with Gasteiger partial charge >= 0.3 is 6.09 Å². The van der Waals surface area contributed by atoms with E-state index in [1.165, 1.54) is 107 Å². The van der Waals surface area contributed by atoms with E-state index >= 15 is 24.0 Å². The molecule has 26 heteroatoms. The van der Waals surface area contributed by atoms with E-state index in [1.807, 2.05) is 53.7 Å². The molecule has 0 radical (unpaired) electrons. The SMILES string of the molecule is C/C=C/C[C@@H](C)[C@H]1ON2C(=O)[C@H](C(C)C)N(C)C(=O)[C@@H]3CC(C)N(C(=O)[C@H](C)NC(=O)[C@H](CC(C)C)N(C)C(=O)[C@H](C(C)C)NC(=O)[C@H](C(C)(C)CN(C)C(=O)OC)N(C)C(=O)[C@@H](C)N(C)C(=O)[C@H](CC)NC(=O)[C@H]12)[C@H](C)C(=O)N(C)[C@@H](CC(C)C)C(=O)N3C. The van der Waals surface area contributed by atoms with Crippen LogP contribution in [-0.4, -0.2) is 257 Å². The first-order chi connectivity index (χ1) is 41.6. The molecule has 3 aliphatic heterocycles. The molecule has 0 saturated carbocycles. The van der Waals surface area contributed by atoms with Gasteiger partial charge in [-0.15, -0.1) is 0 Å². The fourth-order valence-electron chi connectivity index (χ4n) is 12.7. The number of methoxy groups -OCH3 is 1. The van der Waals surface area contributed by atoms with Gasteiger partial charge in [-0.3, -0.25) is 57.6 Å². The van der Waals surface area contributed by atoms with Crippen LogP contribution in [0.25, 0.3) is 0 Å². The van der Waals surface area contributed by atoms with Crippen LogP contribution in [0, 0.1) is 35.0 Å². The number of likely N-dealkylation sites (N-methyl/N-ethyl adjacent to an activating group) is 6. The molecule has 3 heterocycles. The third-order valence-corrected chi connectivity index (χ3v) is 18.1. The van der Waals surface area contributed by atoms with Gasteiger partial charge in [0, 0.05) is 67.3 Å². The van der Waals surface area contributed by atoms with Gasteiger partial charge in [-0.1, -0.05) is 95.2 Å². The second-order valence-corrected chi connectivity index (χ2v) is 27.5. The third kappa shape index (κ3) is 17.6. The number of hydroxylamine groups is 2. The first kappa shape index (κ1) is 77.4. The number of carbonyl (C=O) groups excluding carboxylic acids is 12. The summed E-state index contributed by atoms with van der Waals surface area (Å²) in [7, 11) is 11.1. The predicted octanol–water partition coefficient (Wildman–Crippen LogP) is 3.12. The maximum atomic E-state index is 15.5. The van der Waals surface area contributed by atoms with Crippen molar-refractivity contribution in [2.24, 2.45) is 35.0 Å². The Bertz CT molecular complexity index is 2650. The van der Waals surface area contributed by atoms with E-state index in [2.05, 4.69) is 16.0 Å². The van der Waals surface area contributed by atoms with Crippen molar-refractivity contribution in [1.29, 1.82) is 0 Å². The molecule has 3 N–H and O–H groups in total. The van der Waals surface area contributed by atoms with E-state index in [9.17, 15) is 33.6 Å². The summed E-state index contributed by atoms with van der Waals surface area (Å²) >= 11 is 0. The molecule has 1 unspecified atom stereocenters. The van der Waals surface area contributed by atoms with Crippen molar-refractivity contribution >= 4 is 71.1 Å². The maximum Gasteiger partial charge on any atom is 0.409 e. The second-order valence-electron chi connectivity index (χ2n) is 27.5. The smallest absolute Gasteiger partial charge is 0.409 e. The fourth-order valence-corrected chi connectivity index (χ4v) is 12.7. The molecule has 12 amide bonds. The highest BCUT2D eigenvalue weighted by Gasteiger charge is 2.55. The van der Waals surface area contributed by atoms with Gasteiger partial charge in [0.1, 0.15) is 66.5 Å². The van der Waals surface area contributed by atoms with Gasteiger partial charge in [-0.2, -0.15) is 0 Å². The van der Waals surface area contributed by atoms with Crippen molar-refractivity contribution in [2.75, 3.05) is 63.0 Å². The van der Waals surface area contributed by atoms with E-state index < -0.39 is 167 Å². The van der Waals surface area contributed by atoms with E-state index in [1.54, 1.807) is 55.4 Å². The first-order valence-electron chi connectivity index (χ1n) is 31.8. The minimum absolute atomic E-state index is 0.0171. The Balaban J connectivity index is 2.47.